The van der Waals surface area contributed by atoms with E-state index in [-0.39, 0.29) is 0 Å². The van der Waals surface area contributed by atoms with Crippen LogP contribution < -0.4 is 11.5 Å². The minimum absolute atomic E-state index is 0.414. The van der Waals surface area contributed by atoms with E-state index in [0.29, 0.717) is 21.2 Å². The molecule has 122 valence electrons. The van der Waals surface area contributed by atoms with Crippen molar-refractivity contribution in [3.63, 3.8) is 0 Å². The Morgan fingerprint density at radius 2 is 1.54 bits per heavy atom. The zero-order chi connectivity index (χ0) is 17.2. The first-order valence-corrected chi connectivity index (χ1v) is 8.67. The Balaban J connectivity index is 1.81. The summed E-state index contributed by atoms with van der Waals surface area (Å²) in [6, 6.07) is 14.6. The van der Waals surface area contributed by atoms with Crippen molar-refractivity contribution in [2.24, 2.45) is 16.9 Å². The molecule has 2 aliphatic heterocycles. The van der Waals surface area contributed by atoms with Gasteiger partial charge in [-0.3, -0.25) is 4.90 Å². The molecule has 2 aliphatic rings. The lowest BCUT2D eigenvalue weighted by Crippen LogP contribution is -2.46. The van der Waals surface area contributed by atoms with Crippen LogP contribution in [0.4, 0.5) is 0 Å². The Hall–Kier alpha value is -2.41. The number of piperidine rings is 1. The molecule has 1 saturated heterocycles. The molecule has 0 atom stereocenters. The molecule has 1 aromatic carbocycles. The van der Waals surface area contributed by atoms with E-state index in [9.17, 15) is 10.5 Å². The summed E-state index contributed by atoms with van der Waals surface area (Å²) in [5.41, 5.74) is 14.4. The molecule has 3 rings (SSSR count). The maximum Gasteiger partial charge on any atom is 0.110 e. The van der Waals surface area contributed by atoms with E-state index in [4.69, 9.17) is 11.5 Å². The SMILES string of the molecule is N#CC1=C(N)C2(CCN(Cc3ccccc3)CC2)C(N)=C(C#N)S1. The maximum absolute atomic E-state index is 9.33. The van der Waals surface area contributed by atoms with Gasteiger partial charge in [0.1, 0.15) is 21.9 Å². The fourth-order valence-electron chi connectivity index (χ4n) is 3.43. The third-order valence-corrected chi connectivity index (χ3v) is 5.92. The summed E-state index contributed by atoms with van der Waals surface area (Å²) in [6.45, 7) is 2.55. The largest absolute Gasteiger partial charge is 0.400 e. The third-order valence-electron chi connectivity index (χ3n) is 4.89. The van der Waals surface area contributed by atoms with Gasteiger partial charge in [0.2, 0.25) is 0 Å². The van der Waals surface area contributed by atoms with Crippen LogP contribution in [0.1, 0.15) is 18.4 Å². The highest BCUT2D eigenvalue weighted by Gasteiger charge is 2.45. The fraction of sp³-hybridized carbons (Fsp3) is 0.333. The van der Waals surface area contributed by atoms with Crippen molar-refractivity contribution in [2.45, 2.75) is 19.4 Å². The van der Waals surface area contributed by atoms with Crippen LogP contribution in [0.25, 0.3) is 0 Å². The van der Waals surface area contributed by atoms with Gasteiger partial charge in [0.25, 0.3) is 0 Å². The first-order valence-electron chi connectivity index (χ1n) is 7.85. The van der Waals surface area contributed by atoms with Gasteiger partial charge >= 0.3 is 0 Å². The number of allylic oxidation sites excluding steroid dienone is 2. The monoisotopic (exact) mass is 337 g/mol. The molecule has 1 fully saturated rings. The maximum atomic E-state index is 9.33. The highest BCUT2D eigenvalue weighted by molar-refractivity contribution is 8.07. The van der Waals surface area contributed by atoms with Crippen molar-refractivity contribution in [3.8, 4) is 12.1 Å². The van der Waals surface area contributed by atoms with E-state index in [0.717, 1.165) is 44.2 Å². The lowest BCUT2D eigenvalue weighted by Gasteiger charge is -2.44. The zero-order valence-electron chi connectivity index (χ0n) is 13.3. The summed E-state index contributed by atoms with van der Waals surface area (Å²) < 4.78 is 0. The summed E-state index contributed by atoms with van der Waals surface area (Å²) in [5, 5.41) is 18.7. The summed E-state index contributed by atoms with van der Waals surface area (Å²) >= 11 is 1.09. The fourth-order valence-corrected chi connectivity index (χ4v) is 4.34. The van der Waals surface area contributed by atoms with E-state index in [1.165, 1.54) is 5.56 Å². The normalized spacial score (nSPS) is 20.8. The molecule has 0 saturated carbocycles. The Morgan fingerprint density at radius 1 is 1.00 bits per heavy atom. The van der Waals surface area contributed by atoms with Gasteiger partial charge < -0.3 is 11.5 Å². The molecular formula is C18H19N5S. The average molecular weight is 337 g/mol. The molecule has 6 heteroatoms. The molecule has 4 N–H and O–H groups in total. The predicted octanol–water partition coefficient (Wildman–Crippen LogP) is 2.40. The highest BCUT2D eigenvalue weighted by Crippen LogP contribution is 2.50. The molecule has 0 aromatic heterocycles. The molecule has 5 nitrogen and oxygen atoms in total. The van der Waals surface area contributed by atoms with Crippen LogP contribution in [-0.4, -0.2) is 18.0 Å². The third kappa shape index (κ3) is 2.75. The number of nitriles is 2. The number of thioether (sulfide) groups is 1. The van der Waals surface area contributed by atoms with Crippen molar-refractivity contribution in [1.82, 2.24) is 4.90 Å². The zero-order valence-corrected chi connectivity index (χ0v) is 14.1. The number of nitrogens with two attached hydrogens (primary N) is 2. The van der Waals surface area contributed by atoms with Crippen molar-refractivity contribution in [1.29, 1.82) is 10.5 Å². The smallest absolute Gasteiger partial charge is 0.110 e. The average Bonchev–Trinajstić information content (AvgIpc) is 2.63. The summed E-state index contributed by atoms with van der Waals surface area (Å²) in [6.07, 6.45) is 1.46. The molecule has 1 aromatic rings. The number of hydrogen-bond acceptors (Lipinski definition) is 6. The van der Waals surface area contributed by atoms with E-state index < -0.39 is 5.41 Å². The lowest BCUT2D eigenvalue weighted by atomic mass is 9.72. The van der Waals surface area contributed by atoms with Crippen LogP contribution >= 0.6 is 11.8 Å². The van der Waals surface area contributed by atoms with Crippen molar-refractivity contribution in [3.05, 3.63) is 57.1 Å². The van der Waals surface area contributed by atoms with Crippen molar-refractivity contribution in [2.75, 3.05) is 13.1 Å². The Morgan fingerprint density at radius 3 is 2.04 bits per heavy atom. The Kier molecular flexibility index (Phi) is 4.53. The van der Waals surface area contributed by atoms with Gasteiger partial charge in [-0.25, -0.2) is 0 Å². The molecule has 1 spiro atoms. The topological polar surface area (TPSA) is 103 Å². The molecule has 0 radical (unpaired) electrons. The predicted molar refractivity (Wildman–Crippen MR) is 94.6 cm³/mol. The van der Waals surface area contributed by atoms with Crippen LogP contribution in [-0.2, 0) is 6.54 Å². The van der Waals surface area contributed by atoms with E-state index in [1.807, 2.05) is 18.2 Å². The van der Waals surface area contributed by atoms with Crippen LogP contribution in [0.5, 0.6) is 0 Å². The van der Waals surface area contributed by atoms with Crippen LogP contribution in [0, 0.1) is 28.1 Å². The van der Waals surface area contributed by atoms with Gasteiger partial charge in [-0.1, -0.05) is 42.1 Å². The number of nitrogens with zero attached hydrogens (tertiary/aromatic N) is 3. The number of rotatable bonds is 2. The lowest BCUT2D eigenvalue weighted by molar-refractivity contribution is 0.146. The van der Waals surface area contributed by atoms with E-state index in [2.05, 4.69) is 29.2 Å². The summed E-state index contributed by atoms with van der Waals surface area (Å²) in [7, 11) is 0. The van der Waals surface area contributed by atoms with Gasteiger partial charge in [-0.15, -0.1) is 0 Å². The quantitative estimate of drug-likeness (QED) is 0.859. The minimum atomic E-state index is -0.547. The summed E-state index contributed by atoms with van der Waals surface area (Å²) in [4.78, 5) is 3.19. The molecule has 0 amide bonds. The van der Waals surface area contributed by atoms with Crippen LogP contribution in [0.3, 0.4) is 0 Å². The second kappa shape index (κ2) is 6.60. The van der Waals surface area contributed by atoms with Crippen LogP contribution in [0.2, 0.25) is 0 Å². The second-order valence-electron chi connectivity index (χ2n) is 6.16. The first kappa shape index (κ1) is 16.4. The second-order valence-corrected chi connectivity index (χ2v) is 7.18. The molecule has 2 heterocycles. The molecule has 24 heavy (non-hydrogen) atoms. The van der Waals surface area contributed by atoms with Gasteiger partial charge in [0, 0.05) is 17.9 Å². The van der Waals surface area contributed by atoms with Crippen LogP contribution in [0.15, 0.2) is 51.5 Å². The van der Waals surface area contributed by atoms with Gasteiger partial charge in [0.05, 0.1) is 5.41 Å². The van der Waals surface area contributed by atoms with Gasteiger partial charge in [-0.2, -0.15) is 10.5 Å². The molecule has 0 aliphatic carbocycles. The number of hydrogen-bond donors (Lipinski definition) is 2. The van der Waals surface area contributed by atoms with Crippen molar-refractivity contribution >= 4 is 11.8 Å². The van der Waals surface area contributed by atoms with Gasteiger partial charge in [0.15, 0.2) is 0 Å². The Labute approximate surface area is 146 Å². The summed E-state index contributed by atoms with van der Waals surface area (Å²) in [5.74, 6) is 0. The number of likely N-dealkylation sites (tertiary alicyclic amines) is 1. The molecule has 0 unspecified atom stereocenters. The first-order chi connectivity index (χ1) is 11.6. The highest BCUT2D eigenvalue weighted by atomic mass is 32.2. The Bertz CT molecular complexity index is 736. The molecule has 0 bridgehead atoms. The van der Waals surface area contributed by atoms with Crippen molar-refractivity contribution < 1.29 is 0 Å². The minimum Gasteiger partial charge on any atom is -0.400 e. The standard InChI is InChI=1S/C18H19N5S/c19-10-14-16(21)18(17(22)15(11-20)24-14)6-8-23(9-7-18)12-13-4-2-1-3-5-13/h1-5H,6-9,12,21-22H2. The van der Waals surface area contributed by atoms with E-state index >= 15 is 0 Å². The van der Waals surface area contributed by atoms with Gasteiger partial charge in [-0.05, 0) is 31.5 Å². The number of benzene rings is 1. The molecular weight excluding hydrogens is 318 g/mol. The van der Waals surface area contributed by atoms with E-state index in [1.54, 1.807) is 0 Å².